The molecule has 0 saturated carbocycles. The van der Waals surface area contributed by atoms with Crippen molar-refractivity contribution in [3.8, 4) is 55.9 Å². The minimum atomic E-state index is 1.14. The normalized spacial score (nSPS) is 11.8. The van der Waals surface area contributed by atoms with Crippen molar-refractivity contribution in [2.75, 3.05) is 0 Å². The van der Waals surface area contributed by atoms with Crippen molar-refractivity contribution in [2.45, 2.75) is 0 Å². The van der Waals surface area contributed by atoms with E-state index in [2.05, 4.69) is 264 Å². The van der Waals surface area contributed by atoms with Crippen molar-refractivity contribution in [3.05, 3.63) is 255 Å². The third-order valence-electron chi connectivity index (χ3n) is 14.3. The average Bonchev–Trinajstić information content (AvgIpc) is 3.93. The molecule has 2 nitrogen and oxygen atoms in total. The Morgan fingerprint density at radius 3 is 1.16 bits per heavy atom. The number of rotatable bonds is 6. The molecule has 0 aliphatic carbocycles. The van der Waals surface area contributed by atoms with Gasteiger partial charge in [0.2, 0.25) is 0 Å². The van der Waals surface area contributed by atoms with Crippen LogP contribution in [-0.2, 0) is 0 Å². The van der Waals surface area contributed by atoms with Crippen LogP contribution in [0.2, 0.25) is 0 Å². The van der Waals surface area contributed by atoms with Crippen LogP contribution in [0.3, 0.4) is 0 Å². The molecule has 14 rings (SSSR count). The molecule has 0 fully saturated rings. The van der Waals surface area contributed by atoms with Gasteiger partial charge in [-0.3, -0.25) is 0 Å². The van der Waals surface area contributed by atoms with Crippen molar-refractivity contribution < 1.29 is 0 Å². The van der Waals surface area contributed by atoms with Crippen LogP contribution in [-0.4, -0.2) is 9.13 Å². The van der Waals surface area contributed by atoms with Gasteiger partial charge >= 0.3 is 0 Å². The maximum atomic E-state index is 2.42. The number of fused-ring (bicyclic) bond motifs is 11. The molecule has 2 aromatic heterocycles. The summed E-state index contributed by atoms with van der Waals surface area (Å²) in [6.45, 7) is 0. The van der Waals surface area contributed by atoms with Gasteiger partial charge in [0, 0.05) is 32.9 Å². The minimum absolute atomic E-state index is 1.14. The van der Waals surface area contributed by atoms with E-state index in [1.807, 2.05) is 0 Å². The third kappa shape index (κ3) is 6.05. The second kappa shape index (κ2) is 15.3. The fraction of sp³-hybridized carbons (Fsp3) is 0. The highest BCUT2D eigenvalue weighted by Gasteiger charge is 2.17. The first-order chi connectivity index (χ1) is 33.7. The molecule has 0 atom stereocenters. The summed E-state index contributed by atoms with van der Waals surface area (Å²) >= 11 is 0. The molecular weight excluding hydrogens is 821 g/mol. The van der Waals surface area contributed by atoms with Gasteiger partial charge < -0.3 is 9.13 Å². The van der Waals surface area contributed by atoms with Crippen LogP contribution >= 0.6 is 0 Å². The molecule has 0 amide bonds. The SMILES string of the molecule is c1ccc(-c2ccc(-c3ccc(-n4c5ccccc5c5cc(-c6ccc7c(c6)c6ccccc6n7-c6ccc(-c7cc8c9ccccc9ccc8c8ccccc78)cc6)ccc54)cc3)cc2)cc1. The summed E-state index contributed by atoms with van der Waals surface area (Å²) in [6, 6.07) is 93.7. The number of aromatic nitrogens is 2. The van der Waals surface area contributed by atoms with Crippen LogP contribution < -0.4 is 0 Å². The largest absolute Gasteiger partial charge is 0.309 e. The molecule has 0 unspecified atom stereocenters. The van der Waals surface area contributed by atoms with Gasteiger partial charge in [0.1, 0.15) is 0 Å². The van der Waals surface area contributed by atoms with Gasteiger partial charge in [0.05, 0.1) is 22.1 Å². The Labute approximate surface area is 393 Å². The molecule has 68 heavy (non-hydrogen) atoms. The molecule has 2 heteroatoms. The molecule has 0 N–H and O–H groups in total. The summed E-state index contributed by atoms with van der Waals surface area (Å²) in [5, 5.41) is 12.7. The quantitative estimate of drug-likeness (QED) is 0.147. The lowest BCUT2D eigenvalue weighted by molar-refractivity contribution is 1.18. The Balaban J connectivity index is 0.827. The molecule has 0 aliphatic heterocycles. The Bertz CT molecular complexity index is 4270. The molecule has 316 valence electrons. The van der Waals surface area contributed by atoms with Gasteiger partial charge in [-0.05, 0) is 144 Å². The van der Waals surface area contributed by atoms with E-state index in [9.17, 15) is 0 Å². The molecule has 14 aromatic rings. The van der Waals surface area contributed by atoms with Gasteiger partial charge in [-0.25, -0.2) is 0 Å². The Hall–Kier alpha value is -8.98. The second-order valence-electron chi connectivity index (χ2n) is 18.1. The van der Waals surface area contributed by atoms with Gasteiger partial charge in [0.15, 0.2) is 0 Å². The van der Waals surface area contributed by atoms with Gasteiger partial charge in [-0.2, -0.15) is 0 Å². The van der Waals surface area contributed by atoms with Crippen molar-refractivity contribution in [1.82, 2.24) is 9.13 Å². The van der Waals surface area contributed by atoms with Crippen molar-refractivity contribution in [2.24, 2.45) is 0 Å². The maximum absolute atomic E-state index is 2.42. The van der Waals surface area contributed by atoms with Crippen LogP contribution in [0.15, 0.2) is 255 Å². The Morgan fingerprint density at radius 1 is 0.191 bits per heavy atom. The van der Waals surface area contributed by atoms with Crippen LogP contribution in [0.1, 0.15) is 0 Å². The highest BCUT2D eigenvalue weighted by Crippen LogP contribution is 2.41. The van der Waals surface area contributed by atoms with Gasteiger partial charge in [-0.15, -0.1) is 0 Å². The lowest BCUT2D eigenvalue weighted by Crippen LogP contribution is -1.94. The highest BCUT2D eigenvalue weighted by molar-refractivity contribution is 6.21. The highest BCUT2D eigenvalue weighted by atomic mass is 15.0. The van der Waals surface area contributed by atoms with Crippen molar-refractivity contribution in [1.29, 1.82) is 0 Å². The smallest absolute Gasteiger partial charge is 0.0541 e. The zero-order valence-electron chi connectivity index (χ0n) is 37.1. The van der Waals surface area contributed by atoms with E-state index >= 15 is 0 Å². The number of para-hydroxylation sites is 2. The molecule has 2 heterocycles. The lowest BCUT2D eigenvalue weighted by atomic mass is 9.91. The fourth-order valence-electron chi connectivity index (χ4n) is 11.0. The van der Waals surface area contributed by atoms with E-state index in [1.54, 1.807) is 0 Å². The van der Waals surface area contributed by atoms with E-state index in [0.717, 1.165) is 11.4 Å². The van der Waals surface area contributed by atoms with Gasteiger partial charge in [0.25, 0.3) is 0 Å². The Morgan fingerprint density at radius 2 is 0.588 bits per heavy atom. The predicted octanol–water partition coefficient (Wildman–Crippen LogP) is 18.0. The predicted molar refractivity (Wildman–Crippen MR) is 289 cm³/mol. The number of hydrogen-bond acceptors (Lipinski definition) is 0. The van der Waals surface area contributed by atoms with Crippen LogP contribution in [0.5, 0.6) is 0 Å². The zero-order valence-corrected chi connectivity index (χ0v) is 37.1. The number of benzene rings is 12. The van der Waals surface area contributed by atoms with Crippen LogP contribution in [0.4, 0.5) is 0 Å². The molecule has 0 aliphatic rings. The fourth-order valence-corrected chi connectivity index (χ4v) is 11.0. The first-order valence-electron chi connectivity index (χ1n) is 23.5. The van der Waals surface area contributed by atoms with Crippen LogP contribution in [0.25, 0.3) is 132 Å². The topological polar surface area (TPSA) is 9.86 Å². The van der Waals surface area contributed by atoms with Crippen LogP contribution in [0, 0.1) is 0 Å². The monoisotopic (exact) mass is 862 g/mol. The third-order valence-corrected chi connectivity index (χ3v) is 14.3. The summed E-state index contributed by atoms with van der Waals surface area (Å²) in [4.78, 5) is 0. The summed E-state index contributed by atoms with van der Waals surface area (Å²) in [5.74, 6) is 0. The first-order valence-corrected chi connectivity index (χ1v) is 23.5. The van der Waals surface area contributed by atoms with E-state index in [1.165, 1.54) is 120 Å². The maximum Gasteiger partial charge on any atom is 0.0541 e. The lowest BCUT2D eigenvalue weighted by Gasteiger charge is -2.14. The standard InChI is InChI=1S/C66H42N2/c1-2-12-43(13-3-1)44-22-24-45(25-23-44)46-26-33-51(34-27-46)67-63-20-10-8-18-57(63)61-40-49(31-38-65(61)67)50-32-39-66-62(41-50)58-19-9-11-21-64(58)68(66)52-35-28-48(29-36-52)59-42-60-53-15-5-4-14-47(53)30-37-56(60)54-16-6-7-17-55(54)59/h1-42H. The first kappa shape index (κ1) is 38.3. The minimum Gasteiger partial charge on any atom is -0.309 e. The summed E-state index contributed by atoms with van der Waals surface area (Å²) in [5.41, 5.74) is 16.8. The molecular formula is C66H42N2. The van der Waals surface area contributed by atoms with Crippen molar-refractivity contribution in [3.63, 3.8) is 0 Å². The van der Waals surface area contributed by atoms with E-state index in [-0.39, 0.29) is 0 Å². The molecule has 0 bridgehead atoms. The number of nitrogens with zero attached hydrogens (tertiary/aromatic N) is 2. The summed E-state index contributed by atoms with van der Waals surface area (Å²) < 4.78 is 4.83. The van der Waals surface area contributed by atoms with E-state index < -0.39 is 0 Å². The molecule has 12 aromatic carbocycles. The van der Waals surface area contributed by atoms with E-state index in [0.29, 0.717) is 0 Å². The second-order valence-corrected chi connectivity index (χ2v) is 18.1. The number of hydrogen-bond donors (Lipinski definition) is 0. The zero-order chi connectivity index (χ0) is 44.7. The summed E-state index contributed by atoms with van der Waals surface area (Å²) in [6.07, 6.45) is 0. The van der Waals surface area contributed by atoms with E-state index in [4.69, 9.17) is 0 Å². The molecule has 0 radical (unpaired) electrons. The Kier molecular flexibility index (Phi) is 8.62. The molecule has 0 spiro atoms. The van der Waals surface area contributed by atoms with Gasteiger partial charge in [-0.1, -0.05) is 188 Å². The summed E-state index contributed by atoms with van der Waals surface area (Å²) in [7, 11) is 0. The average molecular weight is 863 g/mol. The van der Waals surface area contributed by atoms with Crippen molar-refractivity contribution >= 4 is 75.9 Å². The molecule has 0 saturated heterocycles.